The van der Waals surface area contributed by atoms with Gasteiger partial charge in [-0.05, 0) is 64.2 Å². The van der Waals surface area contributed by atoms with E-state index < -0.39 is 12.1 Å². The van der Waals surface area contributed by atoms with E-state index in [1.807, 2.05) is 6.08 Å². The van der Waals surface area contributed by atoms with Gasteiger partial charge in [0.2, 0.25) is 5.91 Å². The van der Waals surface area contributed by atoms with E-state index in [0.717, 1.165) is 51.4 Å². The Labute approximate surface area is 443 Å². The summed E-state index contributed by atoms with van der Waals surface area (Å²) in [4.78, 5) is 24.5. The molecular formula is C65H123NO5. The average molecular weight is 999 g/mol. The van der Waals surface area contributed by atoms with E-state index in [4.69, 9.17) is 4.74 Å². The highest BCUT2D eigenvalue weighted by molar-refractivity contribution is 5.76. The largest absolute Gasteiger partial charge is 0.466 e. The maximum atomic E-state index is 12.5. The van der Waals surface area contributed by atoms with Crippen molar-refractivity contribution in [2.75, 3.05) is 13.2 Å². The molecule has 0 saturated carbocycles. The van der Waals surface area contributed by atoms with Gasteiger partial charge in [-0.25, -0.2) is 0 Å². The molecule has 0 aromatic rings. The standard InChI is InChI=1S/C65H123NO5/c1-3-5-7-9-11-13-15-17-19-20-23-26-30-33-37-41-45-49-53-57-63(68)62(61-67)66-64(69)58-54-50-46-42-38-34-31-27-24-21-22-25-28-32-36-40-44-48-52-56-60-71-65(70)59-55-51-47-43-39-35-29-18-16-14-12-10-8-6-4-2/h12,14,18,29,53,57,62-63,67-68H,3-11,13,15-17,19-28,30-52,54-56,58-61H2,1-2H3,(H,66,69)/b14-12-,29-18-,57-53+. The van der Waals surface area contributed by atoms with Crippen molar-refractivity contribution in [3.8, 4) is 0 Å². The van der Waals surface area contributed by atoms with Crippen LogP contribution >= 0.6 is 0 Å². The van der Waals surface area contributed by atoms with E-state index in [1.165, 1.54) is 263 Å². The normalized spacial score (nSPS) is 12.8. The minimum absolute atomic E-state index is 0.00385. The molecule has 0 bridgehead atoms. The number of esters is 1. The molecule has 0 aliphatic rings. The van der Waals surface area contributed by atoms with E-state index >= 15 is 0 Å². The summed E-state index contributed by atoms with van der Waals surface area (Å²) in [5, 5.41) is 23.2. The first-order valence-electron chi connectivity index (χ1n) is 31.8. The van der Waals surface area contributed by atoms with Crippen LogP contribution in [0.25, 0.3) is 0 Å². The molecule has 418 valence electrons. The van der Waals surface area contributed by atoms with Crippen LogP contribution in [0, 0.1) is 0 Å². The Morgan fingerprint density at radius 2 is 0.704 bits per heavy atom. The lowest BCUT2D eigenvalue weighted by Crippen LogP contribution is -2.45. The van der Waals surface area contributed by atoms with Gasteiger partial charge in [-0.1, -0.05) is 301 Å². The fourth-order valence-electron chi connectivity index (χ4n) is 9.78. The highest BCUT2D eigenvalue weighted by Gasteiger charge is 2.18. The van der Waals surface area contributed by atoms with E-state index in [1.54, 1.807) is 6.08 Å². The molecule has 0 aromatic carbocycles. The van der Waals surface area contributed by atoms with E-state index in [-0.39, 0.29) is 18.5 Å². The van der Waals surface area contributed by atoms with Gasteiger partial charge in [0.25, 0.3) is 0 Å². The second-order valence-electron chi connectivity index (χ2n) is 21.7. The Kier molecular flexibility index (Phi) is 59.0. The quantitative estimate of drug-likeness (QED) is 0.0321. The fourth-order valence-corrected chi connectivity index (χ4v) is 9.78. The van der Waals surface area contributed by atoms with Gasteiger partial charge < -0.3 is 20.3 Å². The summed E-state index contributed by atoms with van der Waals surface area (Å²) in [5.74, 6) is -0.0716. The molecule has 0 rings (SSSR count). The van der Waals surface area contributed by atoms with Crippen molar-refractivity contribution < 1.29 is 24.5 Å². The molecule has 0 saturated heterocycles. The number of hydrogen-bond donors (Lipinski definition) is 3. The van der Waals surface area contributed by atoms with Gasteiger partial charge in [0.05, 0.1) is 25.4 Å². The summed E-state index contributed by atoms with van der Waals surface area (Å²) in [6, 6.07) is -0.630. The third kappa shape index (κ3) is 57.2. The van der Waals surface area contributed by atoms with Crippen LogP contribution in [0.4, 0.5) is 0 Å². The predicted octanol–water partition coefficient (Wildman–Crippen LogP) is 20.0. The Bertz CT molecular complexity index is 1150. The smallest absolute Gasteiger partial charge is 0.305 e. The van der Waals surface area contributed by atoms with Gasteiger partial charge in [0, 0.05) is 12.8 Å². The van der Waals surface area contributed by atoms with Crippen molar-refractivity contribution in [2.45, 2.75) is 353 Å². The van der Waals surface area contributed by atoms with Crippen molar-refractivity contribution in [1.82, 2.24) is 5.32 Å². The first-order chi connectivity index (χ1) is 35.0. The molecule has 0 aliphatic heterocycles. The molecule has 1 amide bonds. The number of carbonyl (C=O) groups excluding carboxylic acids is 2. The molecule has 0 spiro atoms. The lowest BCUT2D eigenvalue weighted by molar-refractivity contribution is -0.143. The van der Waals surface area contributed by atoms with Crippen molar-refractivity contribution in [3.63, 3.8) is 0 Å². The molecule has 3 N–H and O–H groups in total. The van der Waals surface area contributed by atoms with Gasteiger partial charge >= 0.3 is 5.97 Å². The zero-order chi connectivity index (χ0) is 51.4. The van der Waals surface area contributed by atoms with Crippen molar-refractivity contribution in [1.29, 1.82) is 0 Å². The van der Waals surface area contributed by atoms with Gasteiger partial charge in [0.15, 0.2) is 0 Å². The van der Waals surface area contributed by atoms with Gasteiger partial charge in [-0.15, -0.1) is 0 Å². The Morgan fingerprint density at radius 1 is 0.394 bits per heavy atom. The molecule has 0 heterocycles. The summed E-state index contributed by atoms with van der Waals surface area (Å²) in [6.07, 6.45) is 76.1. The zero-order valence-corrected chi connectivity index (χ0v) is 47.7. The van der Waals surface area contributed by atoms with E-state index in [9.17, 15) is 19.8 Å². The average Bonchev–Trinajstić information content (AvgIpc) is 3.37. The topological polar surface area (TPSA) is 95.9 Å². The van der Waals surface area contributed by atoms with Crippen LogP contribution in [-0.2, 0) is 14.3 Å². The number of unbranched alkanes of at least 4 members (excludes halogenated alkanes) is 44. The van der Waals surface area contributed by atoms with Gasteiger partial charge in [-0.2, -0.15) is 0 Å². The number of amides is 1. The Balaban J connectivity index is 3.43. The molecule has 2 unspecified atom stereocenters. The van der Waals surface area contributed by atoms with Crippen LogP contribution in [-0.4, -0.2) is 47.4 Å². The number of rotatable bonds is 59. The molecule has 0 aliphatic carbocycles. The van der Waals surface area contributed by atoms with E-state index in [0.29, 0.717) is 19.4 Å². The number of ether oxygens (including phenoxy) is 1. The highest BCUT2D eigenvalue weighted by atomic mass is 16.5. The monoisotopic (exact) mass is 998 g/mol. The molecule has 71 heavy (non-hydrogen) atoms. The summed E-state index contributed by atoms with van der Waals surface area (Å²) in [6.45, 7) is 4.89. The predicted molar refractivity (Wildman–Crippen MR) is 310 cm³/mol. The van der Waals surface area contributed by atoms with Crippen LogP contribution in [0.15, 0.2) is 36.5 Å². The maximum Gasteiger partial charge on any atom is 0.305 e. The number of carbonyl (C=O) groups is 2. The summed E-state index contributed by atoms with van der Waals surface area (Å²) in [5.41, 5.74) is 0. The van der Waals surface area contributed by atoms with Gasteiger partial charge in [0.1, 0.15) is 0 Å². The lowest BCUT2D eigenvalue weighted by Gasteiger charge is -2.20. The SMILES string of the molecule is CCCCC/C=C\C/C=C\CCCCCCCC(=O)OCCCCCCCCCCCCCCCCCCCCCCC(=O)NC(CO)C(O)/C=C/CCCCCCCCCCCCCCCCCCC. The van der Waals surface area contributed by atoms with Crippen molar-refractivity contribution >= 4 is 11.9 Å². The third-order valence-corrected chi connectivity index (χ3v) is 14.7. The summed E-state index contributed by atoms with van der Waals surface area (Å²) < 4.78 is 5.48. The fraction of sp³-hybridized carbons (Fsp3) is 0.877. The van der Waals surface area contributed by atoms with Crippen LogP contribution in [0.2, 0.25) is 0 Å². The molecular weight excluding hydrogens is 875 g/mol. The molecule has 6 nitrogen and oxygen atoms in total. The minimum atomic E-state index is -0.847. The first kappa shape index (κ1) is 69.1. The Hall–Kier alpha value is -1.92. The molecule has 0 radical (unpaired) electrons. The number of allylic oxidation sites excluding steroid dienone is 5. The molecule has 0 aromatic heterocycles. The zero-order valence-electron chi connectivity index (χ0n) is 47.7. The number of aliphatic hydroxyl groups is 2. The summed E-state index contributed by atoms with van der Waals surface area (Å²) >= 11 is 0. The van der Waals surface area contributed by atoms with Crippen LogP contribution < -0.4 is 5.32 Å². The van der Waals surface area contributed by atoms with Crippen molar-refractivity contribution in [2.24, 2.45) is 0 Å². The van der Waals surface area contributed by atoms with Crippen LogP contribution in [0.1, 0.15) is 341 Å². The second-order valence-corrected chi connectivity index (χ2v) is 21.7. The molecule has 0 fully saturated rings. The second kappa shape index (κ2) is 60.6. The highest BCUT2D eigenvalue weighted by Crippen LogP contribution is 2.18. The minimum Gasteiger partial charge on any atom is -0.466 e. The molecule has 6 heteroatoms. The number of hydrogen-bond acceptors (Lipinski definition) is 5. The number of nitrogens with one attached hydrogen (secondary N) is 1. The van der Waals surface area contributed by atoms with Gasteiger partial charge in [-0.3, -0.25) is 9.59 Å². The van der Waals surface area contributed by atoms with Crippen molar-refractivity contribution in [3.05, 3.63) is 36.5 Å². The summed E-state index contributed by atoms with van der Waals surface area (Å²) in [7, 11) is 0. The first-order valence-corrected chi connectivity index (χ1v) is 31.8. The maximum absolute atomic E-state index is 12.5. The Morgan fingerprint density at radius 3 is 1.10 bits per heavy atom. The van der Waals surface area contributed by atoms with Crippen LogP contribution in [0.3, 0.4) is 0 Å². The number of aliphatic hydroxyl groups excluding tert-OH is 2. The molecule has 2 atom stereocenters. The lowest BCUT2D eigenvalue weighted by atomic mass is 10.0. The van der Waals surface area contributed by atoms with Crippen LogP contribution in [0.5, 0.6) is 0 Å². The van der Waals surface area contributed by atoms with E-state index in [2.05, 4.69) is 43.5 Å². The third-order valence-electron chi connectivity index (χ3n) is 14.7.